The minimum atomic E-state index is -1.02. The number of imidazole rings is 1. The predicted molar refractivity (Wildman–Crippen MR) is 80.5 cm³/mol. The monoisotopic (exact) mass is 313 g/mol. The summed E-state index contributed by atoms with van der Waals surface area (Å²) < 4.78 is 5.50. The zero-order valence-electron chi connectivity index (χ0n) is 11.7. The van der Waals surface area contributed by atoms with Crippen molar-refractivity contribution < 1.29 is 19.6 Å². The second kappa shape index (κ2) is 5.76. The zero-order valence-corrected chi connectivity index (χ0v) is 11.7. The van der Waals surface area contributed by atoms with Crippen LogP contribution in [0.1, 0.15) is 16.2 Å². The fourth-order valence-electron chi connectivity index (χ4n) is 2.08. The molecule has 23 heavy (non-hydrogen) atoms. The van der Waals surface area contributed by atoms with Gasteiger partial charge < -0.3 is 14.8 Å². The molecule has 1 heterocycles. The minimum absolute atomic E-state index is 0.0118. The molecule has 0 fully saturated rings. The van der Waals surface area contributed by atoms with E-state index in [2.05, 4.69) is 9.97 Å². The predicted octanol–water partition coefficient (Wildman–Crippen LogP) is 2.75. The van der Waals surface area contributed by atoms with Gasteiger partial charge in [0.1, 0.15) is 18.2 Å². The number of nitrogens with zero attached hydrogens (tertiary/aromatic N) is 2. The maximum absolute atomic E-state index is 10.9. The molecule has 0 aliphatic heterocycles. The minimum Gasteiger partial charge on any atom is -0.486 e. The van der Waals surface area contributed by atoms with Crippen molar-refractivity contribution in [2.45, 2.75) is 6.61 Å². The van der Waals surface area contributed by atoms with E-state index in [0.29, 0.717) is 22.6 Å². The van der Waals surface area contributed by atoms with Crippen LogP contribution in [0.3, 0.4) is 0 Å². The lowest BCUT2D eigenvalue weighted by Crippen LogP contribution is -1.97. The molecule has 116 valence electrons. The van der Waals surface area contributed by atoms with Crippen molar-refractivity contribution >= 4 is 22.7 Å². The number of nitro benzene ring substituents is 1. The molecule has 3 rings (SSSR count). The van der Waals surface area contributed by atoms with Crippen LogP contribution in [0.5, 0.6) is 5.75 Å². The summed E-state index contributed by atoms with van der Waals surface area (Å²) in [5.74, 6) is -0.0123. The number of non-ortho nitro benzene ring substituents is 1. The summed E-state index contributed by atoms with van der Waals surface area (Å²) in [6.07, 6.45) is 0. The number of rotatable bonds is 5. The molecular formula is C15H11N3O5. The van der Waals surface area contributed by atoms with Gasteiger partial charge in [-0.1, -0.05) is 0 Å². The van der Waals surface area contributed by atoms with E-state index in [9.17, 15) is 14.9 Å². The molecule has 8 heteroatoms. The molecule has 0 aliphatic rings. The molecule has 3 aromatic rings. The van der Waals surface area contributed by atoms with E-state index >= 15 is 0 Å². The van der Waals surface area contributed by atoms with Crippen molar-refractivity contribution in [1.82, 2.24) is 9.97 Å². The molecule has 0 amide bonds. The van der Waals surface area contributed by atoms with Crippen LogP contribution >= 0.6 is 0 Å². The van der Waals surface area contributed by atoms with E-state index in [1.54, 1.807) is 6.07 Å². The van der Waals surface area contributed by atoms with Crippen molar-refractivity contribution in [2.24, 2.45) is 0 Å². The quantitative estimate of drug-likeness (QED) is 0.552. The Hall–Kier alpha value is -3.42. The molecule has 1 aromatic heterocycles. The van der Waals surface area contributed by atoms with E-state index in [1.807, 2.05) is 0 Å². The maximum Gasteiger partial charge on any atom is 0.335 e. The average molecular weight is 313 g/mol. The molecule has 2 aromatic carbocycles. The number of nitro groups is 1. The second-order valence-electron chi connectivity index (χ2n) is 4.76. The molecule has 0 unspecified atom stereocenters. The van der Waals surface area contributed by atoms with E-state index in [1.165, 1.54) is 36.4 Å². The largest absolute Gasteiger partial charge is 0.486 e. The highest BCUT2D eigenvalue weighted by atomic mass is 16.6. The Morgan fingerprint density at radius 2 is 2.00 bits per heavy atom. The Bertz CT molecular complexity index is 886. The fraction of sp³-hybridized carbons (Fsp3) is 0.0667. The zero-order chi connectivity index (χ0) is 16.4. The SMILES string of the molecule is O=C(O)c1ccc2[nH]c(COc3ccc([N+](=O)[O-])cc3)nc2c1. The van der Waals surface area contributed by atoms with Gasteiger partial charge in [-0.3, -0.25) is 10.1 Å². The Morgan fingerprint density at radius 3 is 2.65 bits per heavy atom. The highest BCUT2D eigenvalue weighted by Crippen LogP contribution is 2.19. The lowest BCUT2D eigenvalue weighted by atomic mass is 10.2. The third-order valence-electron chi connectivity index (χ3n) is 3.20. The fourth-order valence-corrected chi connectivity index (χ4v) is 2.08. The summed E-state index contributed by atoms with van der Waals surface area (Å²) in [5, 5.41) is 19.5. The molecule has 0 saturated carbocycles. The molecule has 2 N–H and O–H groups in total. The highest BCUT2D eigenvalue weighted by molar-refractivity contribution is 5.92. The molecule has 8 nitrogen and oxygen atoms in total. The normalized spacial score (nSPS) is 10.6. The van der Waals surface area contributed by atoms with Gasteiger partial charge in [-0.2, -0.15) is 0 Å². The van der Waals surface area contributed by atoms with Gasteiger partial charge in [-0.05, 0) is 30.3 Å². The number of carboxylic acids is 1. The molecule has 0 atom stereocenters. The topological polar surface area (TPSA) is 118 Å². The Balaban J connectivity index is 1.74. The van der Waals surface area contributed by atoms with Gasteiger partial charge >= 0.3 is 5.97 Å². The first-order chi connectivity index (χ1) is 11.0. The van der Waals surface area contributed by atoms with Crippen LogP contribution in [0.25, 0.3) is 11.0 Å². The number of hydrogen-bond donors (Lipinski definition) is 2. The summed E-state index contributed by atoms with van der Waals surface area (Å²) in [6, 6.07) is 10.3. The van der Waals surface area contributed by atoms with Crippen LogP contribution in [0.2, 0.25) is 0 Å². The van der Waals surface area contributed by atoms with Crippen molar-refractivity contribution in [2.75, 3.05) is 0 Å². The number of aromatic carboxylic acids is 1. The van der Waals surface area contributed by atoms with Crippen LogP contribution in [-0.4, -0.2) is 26.0 Å². The van der Waals surface area contributed by atoms with Crippen molar-refractivity contribution in [1.29, 1.82) is 0 Å². The Morgan fingerprint density at radius 1 is 1.26 bits per heavy atom. The standard InChI is InChI=1S/C15H11N3O5/c19-15(20)9-1-6-12-13(7-9)17-14(16-12)8-23-11-4-2-10(3-5-11)18(21)22/h1-7H,8H2,(H,16,17)(H,19,20). The summed E-state index contributed by atoms with van der Waals surface area (Å²) in [7, 11) is 0. The van der Waals surface area contributed by atoms with Crippen molar-refractivity contribution in [3.05, 3.63) is 64.0 Å². The number of aromatic amines is 1. The average Bonchev–Trinajstić information content (AvgIpc) is 2.95. The van der Waals surface area contributed by atoms with E-state index < -0.39 is 10.9 Å². The number of carboxylic acid groups (broad SMARTS) is 1. The number of ether oxygens (including phenoxy) is 1. The van der Waals surface area contributed by atoms with Gasteiger partial charge in [-0.25, -0.2) is 9.78 Å². The van der Waals surface area contributed by atoms with E-state index in [4.69, 9.17) is 9.84 Å². The first kappa shape index (κ1) is 14.5. The van der Waals surface area contributed by atoms with Crippen LogP contribution in [0.15, 0.2) is 42.5 Å². The third-order valence-corrected chi connectivity index (χ3v) is 3.20. The Kier molecular flexibility index (Phi) is 3.63. The number of carbonyl (C=O) groups is 1. The van der Waals surface area contributed by atoms with Gasteiger partial charge in [0.2, 0.25) is 0 Å². The molecule has 0 bridgehead atoms. The highest BCUT2D eigenvalue weighted by Gasteiger charge is 2.09. The molecule has 0 spiro atoms. The van der Waals surface area contributed by atoms with E-state index in [0.717, 1.165) is 0 Å². The summed E-state index contributed by atoms with van der Waals surface area (Å²) in [5.41, 5.74) is 1.39. The summed E-state index contributed by atoms with van der Waals surface area (Å²) in [6.45, 7) is 0.134. The Labute approximate surface area is 129 Å². The van der Waals surface area contributed by atoms with Crippen LogP contribution in [0, 0.1) is 10.1 Å². The van der Waals surface area contributed by atoms with Gasteiger partial charge in [0.05, 0.1) is 21.5 Å². The summed E-state index contributed by atoms with van der Waals surface area (Å²) >= 11 is 0. The third kappa shape index (κ3) is 3.10. The first-order valence-corrected chi connectivity index (χ1v) is 6.62. The molecule has 0 radical (unpaired) electrons. The molecular weight excluding hydrogens is 302 g/mol. The number of nitrogens with one attached hydrogen (secondary N) is 1. The molecule has 0 saturated heterocycles. The van der Waals surface area contributed by atoms with Crippen LogP contribution in [0.4, 0.5) is 5.69 Å². The van der Waals surface area contributed by atoms with Crippen LogP contribution in [-0.2, 0) is 6.61 Å². The number of aromatic nitrogens is 2. The van der Waals surface area contributed by atoms with Gasteiger partial charge in [0, 0.05) is 12.1 Å². The van der Waals surface area contributed by atoms with E-state index in [-0.39, 0.29) is 17.9 Å². The second-order valence-corrected chi connectivity index (χ2v) is 4.76. The number of hydrogen-bond acceptors (Lipinski definition) is 5. The number of H-pyrrole nitrogens is 1. The lowest BCUT2D eigenvalue weighted by molar-refractivity contribution is -0.384. The van der Waals surface area contributed by atoms with Gasteiger partial charge in [-0.15, -0.1) is 0 Å². The van der Waals surface area contributed by atoms with Crippen LogP contribution < -0.4 is 4.74 Å². The van der Waals surface area contributed by atoms with Crippen molar-refractivity contribution in [3.8, 4) is 5.75 Å². The van der Waals surface area contributed by atoms with Crippen molar-refractivity contribution in [3.63, 3.8) is 0 Å². The maximum atomic E-state index is 10.9. The summed E-state index contributed by atoms with van der Waals surface area (Å²) in [4.78, 5) is 28.3. The number of benzene rings is 2. The lowest BCUT2D eigenvalue weighted by Gasteiger charge is -2.03. The number of fused-ring (bicyclic) bond motifs is 1. The first-order valence-electron chi connectivity index (χ1n) is 6.62. The smallest absolute Gasteiger partial charge is 0.335 e. The molecule has 0 aliphatic carbocycles. The van der Waals surface area contributed by atoms with Gasteiger partial charge in [0.25, 0.3) is 5.69 Å². The van der Waals surface area contributed by atoms with Gasteiger partial charge in [0.15, 0.2) is 0 Å².